The Balaban J connectivity index is 1.21. The Morgan fingerprint density at radius 1 is 1.16 bits per heavy atom. The molecule has 1 amide bonds. The Morgan fingerprint density at radius 3 is 2.62 bits per heavy atom. The average Bonchev–Trinajstić information content (AvgIpc) is 3.35. The largest absolute Gasteiger partial charge is 0.453 e. The molecular weight excluding hydrogens is 488 g/mol. The predicted octanol–water partition coefficient (Wildman–Crippen LogP) is 5.89. The lowest BCUT2D eigenvalue weighted by Crippen LogP contribution is -2.38. The Hall–Kier alpha value is -2.51. The zero-order valence-corrected chi connectivity index (χ0v) is 20.1. The molecule has 2 aliphatic rings. The maximum absolute atomic E-state index is 12.9. The molecule has 0 aliphatic carbocycles. The predicted molar refractivity (Wildman–Crippen MR) is 128 cm³/mol. The highest BCUT2D eigenvalue weighted by atomic mass is 79.9. The van der Waals surface area contributed by atoms with Gasteiger partial charge in [0.15, 0.2) is 0 Å². The van der Waals surface area contributed by atoms with Gasteiger partial charge >= 0.3 is 5.97 Å². The van der Waals surface area contributed by atoms with E-state index >= 15 is 0 Å². The van der Waals surface area contributed by atoms with Gasteiger partial charge in [-0.1, -0.05) is 46.3 Å². The van der Waals surface area contributed by atoms with E-state index in [1.165, 1.54) is 4.88 Å². The average molecular weight is 511 g/mol. The second-order valence-corrected chi connectivity index (χ2v) is 10.5. The number of piperidine rings is 1. The highest BCUT2D eigenvalue weighted by Gasteiger charge is 2.34. The zero-order chi connectivity index (χ0) is 22.2. The van der Waals surface area contributed by atoms with Crippen LogP contribution in [0.3, 0.4) is 0 Å². The maximum Gasteiger partial charge on any atom is 0.339 e. The first-order chi connectivity index (χ1) is 15.5. The number of carbonyl (C=O) groups excluding carboxylic acids is 2. The van der Waals surface area contributed by atoms with Crippen LogP contribution < -0.4 is 0 Å². The number of benzene rings is 2. The molecule has 5 rings (SSSR count). The molecule has 1 atom stereocenters. The van der Waals surface area contributed by atoms with E-state index in [1.54, 1.807) is 17.4 Å². The zero-order valence-electron chi connectivity index (χ0n) is 17.7. The molecule has 5 nitrogen and oxygen atoms in total. The van der Waals surface area contributed by atoms with Crippen molar-refractivity contribution in [3.63, 3.8) is 0 Å². The third kappa shape index (κ3) is 4.11. The number of likely N-dealkylation sites (tertiary alicyclic amines) is 1. The minimum atomic E-state index is -0.473. The first kappa shape index (κ1) is 21.3. The van der Waals surface area contributed by atoms with Crippen LogP contribution in [0.25, 0.3) is 11.3 Å². The first-order valence-corrected chi connectivity index (χ1v) is 12.4. The van der Waals surface area contributed by atoms with Crippen LogP contribution in [0.15, 0.2) is 53.0 Å². The number of ether oxygens (including phenoxy) is 1. The van der Waals surface area contributed by atoms with Crippen molar-refractivity contribution in [2.24, 2.45) is 0 Å². The van der Waals surface area contributed by atoms with Crippen molar-refractivity contribution in [2.45, 2.75) is 38.2 Å². The molecule has 2 aliphatic heterocycles. The highest BCUT2D eigenvalue weighted by Crippen LogP contribution is 2.37. The van der Waals surface area contributed by atoms with Crippen molar-refractivity contribution in [1.82, 2.24) is 9.88 Å². The van der Waals surface area contributed by atoms with Gasteiger partial charge in [-0.25, -0.2) is 9.78 Å². The van der Waals surface area contributed by atoms with Gasteiger partial charge in [-0.15, -0.1) is 11.3 Å². The molecule has 0 saturated carbocycles. The molecule has 1 unspecified atom stereocenters. The fourth-order valence-electron chi connectivity index (χ4n) is 4.50. The summed E-state index contributed by atoms with van der Waals surface area (Å²) < 4.78 is 6.51. The molecule has 0 bridgehead atoms. The van der Waals surface area contributed by atoms with Gasteiger partial charge in [-0.2, -0.15) is 0 Å². The fourth-order valence-corrected chi connectivity index (χ4v) is 5.88. The van der Waals surface area contributed by atoms with Gasteiger partial charge in [-0.05, 0) is 38.0 Å². The Morgan fingerprint density at radius 2 is 1.88 bits per heavy atom. The summed E-state index contributed by atoms with van der Waals surface area (Å²) >= 11 is 5.25. The smallest absolute Gasteiger partial charge is 0.339 e. The monoisotopic (exact) mass is 510 g/mol. The number of halogens is 1. The molecule has 3 heterocycles. The Bertz CT molecular complexity index is 1170. The van der Waals surface area contributed by atoms with E-state index in [0.29, 0.717) is 24.6 Å². The molecule has 3 aromatic rings. The number of fused-ring (bicyclic) bond motifs is 1. The normalized spacial score (nSPS) is 18.5. The van der Waals surface area contributed by atoms with E-state index in [1.807, 2.05) is 35.2 Å². The van der Waals surface area contributed by atoms with Gasteiger partial charge in [-0.3, -0.25) is 4.79 Å². The van der Waals surface area contributed by atoms with Crippen LogP contribution >= 0.6 is 27.3 Å². The van der Waals surface area contributed by atoms with Crippen LogP contribution in [0.1, 0.15) is 57.1 Å². The molecule has 1 fully saturated rings. The highest BCUT2D eigenvalue weighted by molar-refractivity contribution is 9.10. The lowest BCUT2D eigenvalue weighted by atomic mass is 9.96. The van der Waals surface area contributed by atoms with Crippen LogP contribution in [-0.4, -0.2) is 34.8 Å². The number of cyclic esters (lactones) is 1. The summed E-state index contributed by atoms with van der Waals surface area (Å²) in [4.78, 5) is 33.0. The summed E-state index contributed by atoms with van der Waals surface area (Å²) in [5, 5.41) is 1.16. The van der Waals surface area contributed by atoms with E-state index < -0.39 is 6.10 Å². The van der Waals surface area contributed by atoms with Crippen molar-refractivity contribution in [2.75, 3.05) is 13.1 Å². The quantitative estimate of drug-likeness (QED) is 0.410. The van der Waals surface area contributed by atoms with Crippen molar-refractivity contribution < 1.29 is 14.3 Å². The second-order valence-electron chi connectivity index (χ2n) is 8.30. The van der Waals surface area contributed by atoms with E-state index in [-0.39, 0.29) is 18.3 Å². The van der Waals surface area contributed by atoms with Crippen LogP contribution in [0.4, 0.5) is 0 Å². The molecule has 1 aromatic heterocycles. The summed E-state index contributed by atoms with van der Waals surface area (Å²) in [5.41, 5.74) is 3.58. The van der Waals surface area contributed by atoms with Gasteiger partial charge in [0.2, 0.25) is 5.91 Å². The summed E-state index contributed by atoms with van der Waals surface area (Å²) in [6, 6.07) is 15.6. The summed E-state index contributed by atoms with van der Waals surface area (Å²) in [6.07, 6.45) is 1.54. The van der Waals surface area contributed by atoms with Crippen molar-refractivity contribution in [1.29, 1.82) is 0 Å². The number of amides is 1. The van der Waals surface area contributed by atoms with E-state index in [0.717, 1.165) is 39.1 Å². The van der Waals surface area contributed by atoms with Crippen LogP contribution in [0.2, 0.25) is 0 Å². The number of thiazole rings is 1. The lowest BCUT2D eigenvalue weighted by molar-refractivity contribution is -0.134. The lowest BCUT2D eigenvalue weighted by Gasteiger charge is -2.31. The third-order valence-corrected chi connectivity index (χ3v) is 7.93. The van der Waals surface area contributed by atoms with Crippen molar-refractivity contribution in [3.05, 3.63) is 74.0 Å². The number of esters is 1. The number of carbonyl (C=O) groups is 2. The van der Waals surface area contributed by atoms with E-state index in [4.69, 9.17) is 9.72 Å². The maximum atomic E-state index is 12.9. The topological polar surface area (TPSA) is 59.5 Å². The van der Waals surface area contributed by atoms with E-state index in [9.17, 15) is 9.59 Å². The molecule has 0 N–H and O–H groups in total. The standard InChI is InChI=1S/C25H23BrN2O3S/c1-15-23(16-6-8-18(26)9-7-16)27-24(32-15)17-10-12-28(13-11-17)22(29)14-21-19-4-2-3-5-20(19)25(30)31-21/h2-9,17,21H,10-14H2,1H3. The fraction of sp³-hybridized carbons (Fsp3) is 0.320. The number of aromatic nitrogens is 1. The van der Waals surface area contributed by atoms with Crippen molar-refractivity contribution >= 4 is 39.1 Å². The third-order valence-electron chi connectivity index (χ3n) is 6.26. The molecule has 164 valence electrons. The van der Waals surface area contributed by atoms with Crippen molar-refractivity contribution in [3.8, 4) is 11.3 Å². The molecule has 32 heavy (non-hydrogen) atoms. The van der Waals surface area contributed by atoms with Gasteiger partial charge < -0.3 is 9.64 Å². The number of aryl methyl sites for hydroxylation is 1. The first-order valence-electron chi connectivity index (χ1n) is 10.8. The van der Waals surface area contributed by atoms with Gasteiger partial charge in [0.1, 0.15) is 6.10 Å². The summed E-state index contributed by atoms with van der Waals surface area (Å²) in [6.45, 7) is 3.54. The molecule has 0 spiro atoms. The van der Waals surface area contributed by atoms with Gasteiger partial charge in [0.05, 0.1) is 22.7 Å². The molecule has 2 aromatic carbocycles. The minimum Gasteiger partial charge on any atom is -0.453 e. The summed E-state index contributed by atoms with van der Waals surface area (Å²) in [5.74, 6) is 0.0821. The Labute approximate surface area is 199 Å². The van der Waals surface area contributed by atoms with Gasteiger partial charge in [0.25, 0.3) is 0 Å². The van der Waals surface area contributed by atoms with Gasteiger partial charge in [0, 0.05) is 39.5 Å². The molecule has 0 radical (unpaired) electrons. The Kier molecular flexibility index (Phi) is 5.86. The molecule has 7 heteroatoms. The summed E-state index contributed by atoms with van der Waals surface area (Å²) in [7, 11) is 0. The molecular formula is C25H23BrN2O3S. The van der Waals surface area contributed by atoms with Crippen LogP contribution in [0, 0.1) is 6.92 Å². The number of rotatable bonds is 4. The van der Waals surface area contributed by atoms with Crippen LogP contribution in [-0.2, 0) is 9.53 Å². The van der Waals surface area contributed by atoms with E-state index in [2.05, 4.69) is 35.0 Å². The second kappa shape index (κ2) is 8.79. The number of hydrogen-bond donors (Lipinski definition) is 0. The number of hydrogen-bond acceptors (Lipinski definition) is 5. The van der Waals surface area contributed by atoms with Crippen LogP contribution in [0.5, 0.6) is 0 Å². The minimum absolute atomic E-state index is 0.0452. The SMILES string of the molecule is Cc1sc(C2CCN(C(=O)CC3OC(=O)c4ccccc43)CC2)nc1-c1ccc(Br)cc1. The number of nitrogens with zero attached hydrogens (tertiary/aromatic N) is 2. The molecule has 1 saturated heterocycles.